The summed E-state index contributed by atoms with van der Waals surface area (Å²) >= 11 is 0. The first-order valence-electron chi connectivity index (χ1n) is 8.67. The van der Waals surface area contributed by atoms with E-state index in [1.807, 2.05) is 23.1 Å². The number of amides is 1. The molecule has 5 heteroatoms. The SMILES string of the molecule is CCC(c1ccccc1)C1CCCN1C(=O)c1ccnc(C(=O)O)c1. The van der Waals surface area contributed by atoms with Gasteiger partial charge in [-0.3, -0.25) is 4.79 Å². The van der Waals surface area contributed by atoms with E-state index < -0.39 is 5.97 Å². The summed E-state index contributed by atoms with van der Waals surface area (Å²) in [7, 11) is 0. The third-order valence-corrected chi connectivity index (χ3v) is 4.92. The van der Waals surface area contributed by atoms with Gasteiger partial charge in [0.1, 0.15) is 5.69 Å². The van der Waals surface area contributed by atoms with Crippen LogP contribution in [0.4, 0.5) is 0 Å². The molecular weight excluding hydrogens is 316 g/mol. The van der Waals surface area contributed by atoms with E-state index in [4.69, 9.17) is 5.11 Å². The first-order valence-corrected chi connectivity index (χ1v) is 8.67. The van der Waals surface area contributed by atoms with Crippen molar-refractivity contribution in [2.75, 3.05) is 6.54 Å². The fourth-order valence-corrected chi connectivity index (χ4v) is 3.74. The van der Waals surface area contributed by atoms with E-state index in [1.165, 1.54) is 17.8 Å². The second-order valence-corrected chi connectivity index (χ2v) is 6.37. The van der Waals surface area contributed by atoms with Gasteiger partial charge in [-0.1, -0.05) is 37.3 Å². The average Bonchev–Trinajstić information content (AvgIpc) is 3.12. The van der Waals surface area contributed by atoms with Gasteiger partial charge in [0, 0.05) is 30.3 Å². The van der Waals surface area contributed by atoms with Gasteiger partial charge >= 0.3 is 5.97 Å². The van der Waals surface area contributed by atoms with Gasteiger partial charge in [0.15, 0.2) is 0 Å². The van der Waals surface area contributed by atoms with Gasteiger partial charge in [-0.25, -0.2) is 9.78 Å². The van der Waals surface area contributed by atoms with Gasteiger partial charge in [-0.05, 0) is 37.0 Å². The Kier molecular flexibility index (Phi) is 5.12. The van der Waals surface area contributed by atoms with Gasteiger partial charge in [0.25, 0.3) is 5.91 Å². The van der Waals surface area contributed by atoms with Crippen LogP contribution in [-0.2, 0) is 0 Å². The Morgan fingerprint density at radius 2 is 2.04 bits per heavy atom. The number of carbonyl (C=O) groups excluding carboxylic acids is 1. The van der Waals surface area contributed by atoms with Gasteiger partial charge in [0.2, 0.25) is 0 Å². The summed E-state index contributed by atoms with van der Waals surface area (Å²) in [5.41, 5.74) is 1.54. The number of hydrogen-bond donors (Lipinski definition) is 1. The maximum atomic E-state index is 13.0. The first kappa shape index (κ1) is 17.1. The summed E-state index contributed by atoms with van der Waals surface area (Å²) in [5, 5.41) is 9.10. The van der Waals surface area contributed by atoms with Crippen LogP contribution in [0.25, 0.3) is 0 Å². The molecule has 1 amide bonds. The lowest BCUT2D eigenvalue weighted by Crippen LogP contribution is -2.39. The number of nitrogens with zero attached hydrogens (tertiary/aromatic N) is 2. The summed E-state index contributed by atoms with van der Waals surface area (Å²) in [6.45, 7) is 2.85. The number of pyridine rings is 1. The number of benzene rings is 1. The third kappa shape index (κ3) is 3.55. The van der Waals surface area contributed by atoms with Crippen LogP contribution in [0, 0.1) is 0 Å². The molecule has 3 rings (SSSR count). The number of carboxylic acid groups (broad SMARTS) is 1. The number of likely N-dealkylation sites (tertiary alicyclic amines) is 1. The highest BCUT2D eigenvalue weighted by Gasteiger charge is 2.35. The Balaban J connectivity index is 1.87. The molecular formula is C20H22N2O3. The molecule has 1 aliphatic heterocycles. The molecule has 2 aromatic rings. The standard InChI is InChI=1S/C20H22N2O3/c1-2-16(14-7-4-3-5-8-14)18-9-6-12-22(18)19(23)15-10-11-21-17(13-15)20(24)25/h3-5,7-8,10-11,13,16,18H,2,6,9,12H2,1H3,(H,24,25). The van der Waals surface area contributed by atoms with Crippen molar-refractivity contribution in [3.05, 3.63) is 65.5 Å². The van der Waals surface area contributed by atoms with E-state index in [1.54, 1.807) is 6.07 Å². The second kappa shape index (κ2) is 7.47. The largest absolute Gasteiger partial charge is 0.477 e. The minimum Gasteiger partial charge on any atom is -0.477 e. The van der Waals surface area contributed by atoms with Crippen molar-refractivity contribution in [2.45, 2.75) is 38.1 Å². The van der Waals surface area contributed by atoms with E-state index in [0.717, 1.165) is 19.3 Å². The van der Waals surface area contributed by atoms with Crippen LogP contribution >= 0.6 is 0 Å². The number of rotatable bonds is 5. The molecule has 1 fully saturated rings. The summed E-state index contributed by atoms with van der Waals surface area (Å²) in [6.07, 6.45) is 4.28. The Hall–Kier alpha value is -2.69. The summed E-state index contributed by atoms with van der Waals surface area (Å²) < 4.78 is 0. The Morgan fingerprint density at radius 1 is 1.28 bits per heavy atom. The summed E-state index contributed by atoms with van der Waals surface area (Å²) in [6, 6.07) is 13.4. The molecule has 1 aromatic heterocycles. The molecule has 1 aromatic carbocycles. The van der Waals surface area contributed by atoms with Gasteiger partial charge in [0.05, 0.1) is 0 Å². The van der Waals surface area contributed by atoms with Gasteiger partial charge in [-0.15, -0.1) is 0 Å². The van der Waals surface area contributed by atoms with Crippen molar-refractivity contribution in [1.82, 2.24) is 9.88 Å². The monoisotopic (exact) mass is 338 g/mol. The Morgan fingerprint density at radius 3 is 2.72 bits per heavy atom. The molecule has 2 heterocycles. The molecule has 2 unspecified atom stereocenters. The predicted octanol–water partition coefficient (Wildman–Crippen LogP) is 3.58. The Bertz CT molecular complexity index is 761. The molecule has 130 valence electrons. The molecule has 2 atom stereocenters. The molecule has 25 heavy (non-hydrogen) atoms. The number of aromatic nitrogens is 1. The maximum Gasteiger partial charge on any atom is 0.354 e. The van der Waals surface area contributed by atoms with Crippen LogP contribution in [-0.4, -0.2) is 39.5 Å². The topological polar surface area (TPSA) is 70.5 Å². The van der Waals surface area contributed by atoms with Crippen LogP contribution in [0.1, 0.15) is 58.5 Å². The van der Waals surface area contributed by atoms with Crippen molar-refractivity contribution >= 4 is 11.9 Å². The van der Waals surface area contributed by atoms with E-state index >= 15 is 0 Å². The highest BCUT2D eigenvalue weighted by molar-refractivity contribution is 5.97. The van der Waals surface area contributed by atoms with Crippen molar-refractivity contribution in [2.24, 2.45) is 0 Å². The van der Waals surface area contributed by atoms with Crippen molar-refractivity contribution in [1.29, 1.82) is 0 Å². The molecule has 0 radical (unpaired) electrons. The van der Waals surface area contributed by atoms with Crippen LogP contribution in [0.15, 0.2) is 48.7 Å². The lowest BCUT2D eigenvalue weighted by Gasteiger charge is -2.31. The molecule has 0 saturated carbocycles. The second-order valence-electron chi connectivity index (χ2n) is 6.37. The van der Waals surface area contributed by atoms with E-state index in [0.29, 0.717) is 12.1 Å². The quantitative estimate of drug-likeness (QED) is 0.904. The van der Waals surface area contributed by atoms with Crippen LogP contribution in [0.5, 0.6) is 0 Å². The molecule has 5 nitrogen and oxygen atoms in total. The van der Waals surface area contributed by atoms with E-state index in [2.05, 4.69) is 24.0 Å². The number of carboxylic acids is 1. The Labute approximate surface area is 147 Å². The lowest BCUT2D eigenvalue weighted by atomic mass is 9.87. The van der Waals surface area contributed by atoms with Crippen LogP contribution in [0.2, 0.25) is 0 Å². The third-order valence-electron chi connectivity index (χ3n) is 4.92. The molecule has 1 N–H and O–H groups in total. The van der Waals surface area contributed by atoms with E-state index in [9.17, 15) is 9.59 Å². The molecule has 0 spiro atoms. The smallest absolute Gasteiger partial charge is 0.354 e. The summed E-state index contributed by atoms with van der Waals surface area (Å²) in [5.74, 6) is -0.946. The van der Waals surface area contributed by atoms with Crippen molar-refractivity contribution in [3.63, 3.8) is 0 Å². The lowest BCUT2D eigenvalue weighted by molar-refractivity contribution is 0.0690. The van der Waals surface area contributed by atoms with Crippen molar-refractivity contribution < 1.29 is 14.7 Å². The molecule has 1 saturated heterocycles. The fraction of sp³-hybridized carbons (Fsp3) is 0.350. The maximum absolute atomic E-state index is 13.0. The molecule has 0 bridgehead atoms. The van der Waals surface area contributed by atoms with Gasteiger partial charge < -0.3 is 10.0 Å². The van der Waals surface area contributed by atoms with E-state index in [-0.39, 0.29) is 23.6 Å². The number of aromatic carboxylic acids is 1. The highest BCUT2D eigenvalue weighted by Crippen LogP contribution is 2.34. The zero-order valence-corrected chi connectivity index (χ0v) is 14.3. The predicted molar refractivity (Wildman–Crippen MR) is 94.7 cm³/mol. The minimum atomic E-state index is -1.12. The van der Waals surface area contributed by atoms with Crippen LogP contribution in [0.3, 0.4) is 0 Å². The average molecular weight is 338 g/mol. The fourth-order valence-electron chi connectivity index (χ4n) is 3.74. The van der Waals surface area contributed by atoms with Crippen LogP contribution < -0.4 is 0 Å². The number of hydrogen-bond acceptors (Lipinski definition) is 3. The summed E-state index contributed by atoms with van der Waals surface area (Å²) in [4.78, 5) is 29.8. The first-order chi connectivity index (χ1) is 12.1. The van der Waals surface area contributed by atoms with Gasteiger partial charge in [-0.2, -0.15) is 0 Å². The normalized spacial score (nSPS) is 18.1. The van der Waals surface area contributed by atoms with Crippen molar-refractivity contribution in [3.8, 4) is 0 Å². The molecule has 0 aliphatic carbocycles. The molecule has 1 aliphatic rings. The minimum absolute atomic E-state index is 0.100. The number of carbonyl (C=O) groups is 2. The zero-order chi connectivity index (χ0) is 17.8. The zero-order valence-electron chi connectivity index (χ0n) is 14.3. The highest BCUT2D eigenvalue weighted by atomic mass is 16.4.